The van der Waals surface area contributed by atoms with Gasteiger partial charge in [-0.25, -0.2) is 4.99 Å². The maximum atomic E-state index is 5.87. The number of benzene rings is 1. The Labute approximate surface area is 125 Å². The quantitative estimate of drug-likeness (QED) is 0.610. The lowest BCUT2D eigenvalue weighted by molar-refractivity contribution is 0.114. The lowest BCUT2D eigenvalue weighted by Crippen LogP contribution is -2.37. The number of hydrogen-bond acceptors (Lipinski definition) is 4. The van der Waals surface area contributed by atoms with E-state index in [9.17, 15) is 0 Å². The first-order chi connectivity index (χ1) is 10.2. The van der Waals surface area contributed by atoms with Crippen molar-refractivity contribution in [3.63, 3.8) is 0 Å². The summed E-state index contributed by atoms with van der Waals surface area (Å²) in [7, 11) is 3.25. The molecule has 6 heteroatoms. The van der Waals surface area contributed by atoms with Crippen molar-refractivity contribution in [1.29, 1.82) is 0 Å². The molecule has 116 valence electrons. The van der Waals surface area contributed by atoms with E-state index in [0.717, 1.165) is 36.5 Å². The van der Waals surface area contributed by atoms with Gasteiger partial charge in [-0.15, -0.1) is 0 Å². The van der Waals surface area contributed by atoms with Gasteiger partial charge in [-0.2, -0.15) is 0 Å². The van der Waals surface area contributed by atoms with Crippen molar-refractivity contribution in [3.8, 4) is 11.5 Å². The van der Waals surface area contributed by atoms with E-state index in [2.05, 4.69) is 10.3 Å². The molecule has 1 aliphatic heterocycles. The fourth-order valence-electron chi connectivity index (χ4n) is 2.23. The van der Waals surface area contributed by atoms with E-state index in [-0.39, 0.29) is 6.10 Å². The van der Waals surface area contributed by atoms with Crippen LogP contribution in [-0.4, -0.2) is 39.4 Å². The third-order valence-corrected chi connectivity index (χ3v) is 3.45. The maximum Gasteiger partial charge on any atom is 0.189 e. The molecule has 1 atom stereocenters. The Kier molecular flexibility index (Phi) is 5.68. The smallest absolute Gasteiger partial charge is 0.189 e. The zero-order chi connectivity index (χ0) is 15.1. The Bertz CT molecular complexity index is 485. The summed E-state index contributed by atoms with van der Waals surface area (Å²) in [5, 5.41) is 3.09. The molecule has 0 spiro atoms. The average Bonchev–Trinajstić information content (AvgIpc) is 3.04. The van der Waals surface area contributed by atoms with Gasteiger partial charge in [-0.05, 0) is 25.0 Å². The van der Waals surface area contributed by atoms with Gasteiger partial charge in [0.2, 0.25) is 0 Å². The first kappa shape index (κ1) is 15.4. The van der Waals surface area contributed by atoms with Crippen molar-refractivity contribution in [2.75, 3.05) is 27.4 Å². The summed E-state index contributed by atoms with van der Waals surface area (Å²) in [5.74, 6) is 1.91. The average molecular weight is 293 g/mol. The molecule has 1 aliphatic rings. The predicted molar refractivity (Wildman–Crippen MR) is 81.8 cm³/mol. The van der Waals surface area contributed by atoms with Gasteiger partial charge in [0.05, 0.1) is 26.9 Å². The highest BCUT2D eigenvalue weighted by molar-refractivity contribution is 5.77. The highest BCUT2D eigenvalue weighted by Gasteiger charge is 2.14. The summed E-state index contributed by atoms with van der Waals surface area (Å²) in [4.78, 5) is 4.33. The third kappa shape index (κ3) is 4.53. The largest absolute Gasteiger partial charge is 0.497 e. The van der Waals surface area contributed by atoms with E-state index in [1.807, 2.05) is 18.2 Å². The molecule has 1 unspecified atom stereocenters. The second kappa shape index (κ2) is 7.73. The van der Waals surface area contributed by atoms with Gasteiger partial charge in [0, 0.05) is 24.8 Å². The molecular formula is C15H23N3O3. The molecule has 1 fully saturated rings. The standard InChI is InChI=1S/C15H23N3O3/c1-19-12-6-5-11(14(8-12)20-2)9-17-15(16)18-10-13-4-3-7-21-13/h5-6,8,13H,3-4,7,9-10H2,1-2H3,(H3,16,17,18). The Balaban J connectivity index is 1.89. The molecule has 2 rings (SSSR count). The van der Waals surface area contributed by atoms with Crippen molar-refractivity contribution >= 4 is 5.96 Å². The minimum atomic E-state index is 0.245. The molecule has 1 heterocycles. The van der Waals surface area contributed by atoms with Crippen LogP contribution in [-0.2, 0) is 11.3 Å². The molecule has 1 saturated heterocycles. The lowest BCUT2D eigenvalue weighted by atomic mass is 10.2. The predicted octanol–water partition coefficient (Wildman–Crippen LogP) is 1.29. The highest BCUT2D eigenvalue weighted by Crippen LogP contribution is 2.25. The Hall–Kier alpha value is -1.95. The van der Waals surface area contributed by atoms with Crippen molar-refractivity contribution < 1.29 is 14.2 Å². The SMILES string of the molecule is COc1ccc(CN=C(N)NCC2CCCO2)c(OC)c1. The number of guanidine groups is 1. The minimum absolute atomic E-state index is 0.245. The van der Waals surface area contributed by atoms with Crippen LogP contribution in [0.4, 0.5) is 0 Å². The van der Waals surface area contributed by atoms with Crippen molar-refractivity contribution in [1.82, 2.24) is 5.32 Å². The fourth-order valence-corrected chi connectivity index (χ4v) is 2.23. The normalized spacial score (nSPS) is 18.6. The highest BCUT2D eigenvalue weighted by atomic mass is 16.5. The number of rotatable bonds is 6. The van der Waals surface area contributed by atoms with Crippen LogP contribution in [0.2, 0.25) is 0 Å². The third-order valence-electron chi connectivity index (χ3n) is 3.45. The van der Waals surface area contributed by atoms with E-state index in [4.69, 9.17) is 19.9 Å². The second-order valence-corrected chi connectivity index (χ2v) is 4.90. The van der Waals surface area contributed by atoms with Gasteiger partial charge in [0.15, 0.2) is 5.96 Å². The molecule has 0 aromatic heterocycles. The number of aliphatic imine (C=N–C) groups is 1. The fraction of sp³-hybridized carbons (Fsp3) is 0.533. The van der Waals surface area contributed by atoms with Gasteiger partial charge in [0.1, 0.15) is 11.5 Å². The van der Waals surface area contributed by atoms with E-state index in [1.165, 1.54) is 0 Å². The molecule has 1 aromatic rings. The zero-order valence-electron chi connectivity index (χ0n) is 12.6. The van der Waals surface area contributed by atoms with Gasteiger partial charge in [0.25, 0.3) is 0 Å². The molecule has 3 N–H and O–H groups in total. The first-order valence-electron chi connectivity index (χ1n) is 7.09. The van der Waals surface area contributed by atoms with Crippen LogP contribution in [0, 0.1) is 0 Å². The van der Waals surface area contributed by atoms with Gasteiger partial charge in [-0.1, -0.05) is 0 Å². The lowest BCUT2D eigenvalue weighted by Gasteiger charge is -2.12. The molecule has 0 amide bonds. The van der Waals surface area contributed by atoms with Gasteiger partial charge in [-0.3, -0.25) is 0 Å². The molecule has 6 nitrogen and oxygen atoms in total. The Morgan fingerprint density at radius 2 is 2.29 bits per heavy atom. The summed E-state index contributed by atoms with van der Waals surface area (Å²) < 4.78 is 16.0. The van der Waals surface area contributed by atoms with E-state index >= 15 is 0 Å². The zero-order valence-corrected chi connectivity index (χ0v) is 12.6. The number of nitrogens with zero attached hydrogens (tertiary/aromatic N) is 1. The van der Waals surface area contributed by atoms with Crippen LogP contribution in [0.3, 0.4) is 0 Å². The van der Waals surface area contributed by atoms with Gasteiger partial charge >= 0.3 is 0 Å². The number of hydrogen-bond donors (Lipinski definition) is 2. The Morgan fingerprint density at radius 1 is 1.43 bits per heavy atom. The molecule has 1 aromatic carbocycles. The topological polar surface area (TPSA) is 78.1 Å². The number of nitrogens with one attached hydrogen (secondary N) is 1. The van der Waals surface area contributed by atoms with Crippen LogP contribution in [0.15, 0.2) is 23.2 Å². The molecule has 0 saturated carbocycles. The van der Waals surface area contributed by atoms with Crippen molar-refractivity contribution in [2.45, 2.75) is 25.5 Å². The van der Waals surface area contributed by atoms with Crippen molar-refractivity contribution in [3.05, 3.63) is 23.8 Å². The van der Waals surface area contributed by atoms with Crippen LogP contribution in [0.1, 0.15) is 18.4 Å². The van der Waals surface area contributed by atoms with E-state index in [1.54, 1.807) is 14.2 Å². The molecule has 21 heavy (non-hydrogen) atoms. The number of ether oxygens (including phenoxy) is 3. The summed E-state index contributed by atoms with van der Waals surface area (Å²) in [5.41, 5.74) is 6.82. The van der Waals surface area contributed by atoms with Crippen LogP contribution in [0.5, 0.6) is 11.5 Å². The monoisotopic (exact) mass is 293 g/mol. The van der Waals surface area contributed by atoms with Gasteiger partial charge < -0.3 is 25.3 Å². The van der Waals surface area contributed by atoms with Crippen molar-refractivity contribution in [2.24, 2.45) is 10.7 Å². The van der Waals surface area contributed by atoms with Crippen LogP contribution in [0.25, 0.3) is 0 Å². The number of methoxy groups -OCH3 is 2. The first-order valence-corrected chi connectivity index (χ1v) is 7.09. The van der Waals surface area contributed by atoms with E-state index in [0.29, 0.717) is 19.0 Å². The molecule has 0 aliphatic carbocycles. The summed E-state index contributed by atoms with van der Waals surface area (Å²) >= 11 is 0. The molecule has 0 bridgehead atoms. The Morgan fingerprint density at radius 3 is 2.95 bits per heavy atom. The molecule has 0 radical (unpaired) electrons. The van der Waals surface area contributed by atoms with Crippen LogP contribution < -0.4 is 20.5 Å². The number of nitrogens with two attached hydrogens (primary N) is 1. The minimum Gasteiger partial charge on any atom is -0.497 e. The summed E-state index contributed by atoms with van der Waals surface area (Å²) in [6, 6.07) is 5.64. The summed E-state index contributed by atoms with van der Waals surface area (Å²) in [6.07, 6.45) is 2.44. The second-order valence-electron chi connectivity index (χ2n) is 4.90. The molecular weight excluding hydrogens is 270 g/mol. The summed E-state index contributed by atoms with van der Waals surface area (Å²) in [6.45, 7) is 2.00. The van der Waals surface area contributed by atoms with Crippen LogP contribution >= 0.6 is 0 Å². The van der Waals surface area contributed by atoms with E-state index < -0.39 is 0 Å². The maximum absolute atomic E-state index is 5.87.